The second kappa shape index (κ2) is 7.16. The van der Waals surface area contributed by atoms with E-state index in [1.54, 1.807) is 0 Å². The predicted octanol–water partition coefficient (Wildman–Crippen LogP) is 6.59. The minimum Gasteiger partial charge on any atom is -0.481 e. The zero-order valence-corrected chi connectivity index (χ0v) is 23.5. The van der Waals surface area contributed by atoms with E-state index in [-0.39, 0.29) is 50.4 Å². The van der Waals surface area contributed by atoms with Gasteiger partial charge >= 0.3 is 5.97 Å². The van der Waals surface area contributed by atoms with E-state index in [1.807, 2.05) is 6.92 Å². The Morgan fingerprint density at radius 2 is 1.46 bits per heavy atom. The molecule has 0 aliphatic heterocycles. The maximum Gasteiger partial charge on any atom is 0.309 e. The van der Waals surface area contributed by atoms with Crippen molar-refractivity contribution in [2.75, 3.05) is 0 Å². The van der Waals surface area contributed by atoms with Gasteiger partial charge in [-0.05, 0) is 103 Å². The summed E-state index contributed by atoms with van der Waals surface area (Å²) >= 11 is 0. The molecule has 5 rings (SSSR count). The van der Waals surface area contributed by atoms with Crippen molar-refractivity contribution in [1.29, 1.82) is 0 Å². The Kier molecular flexibility index (Phi) is 5.27. The topological polar surface area (TPSA) is 77.8 Å². The van der Waals surface area contributed by atoms with Crippen LogP contribution in [0.1, 0.15) is 113 Å². The second-order valence-corrected chi connectivity index (χ2v) is 15.6. The third-order valence-electron chi connectivity index (χ3n) is 14.4. The van der Waals surface area contributed by atoms with Crippen LogP contribution >= 0.6 is 0 Å². The molecule has 5 aliphatic carbocycles. The van der Waals surface area contributed by atoms with Crippen molar-refractivity contribution in [3.63, 3.8) is 0 Å². The number of aliphatic hydroxyl groups is 2. The lowest BCUT2D eigenvalue weighted by molar-refractivity contribution is -0.266. The number of fused-ring (bicyclic) bond motifs is 7. The first kappa shape index (κ1) is 25.8. The van der Waals surface area contributed by atoms with E-state index in [9.17, 15) is 20.1 Å². The van der Waals surface area contributed by atoms with Gasteiger partial charge in [0, 0.05) is 5.92 Å². The van der Waals surface area contributed by atoms with Gasteiger partial charge in [-0.15, -0.1) is 0 Å². The minimum atomic E-state index is -0.688. The summed E-state index contributed by atoms with van der Waals surface area (Å²) in [6, 6.07) is 0. The fourth-order valence-electron chi connectivity index (χ4n) is 10.8. The number of carboxylic acid groups (broad SMARTS) is 1. The average Bonchev–Trinajstić information content (AvgIpc) is 2.76. The Bertz CT molecular complexity index is 969. The van der Waals surface area contributed by atoms with Crippen LogP contribution in [0, 0.1) is 49.7 Å². The van der Waals surface area contributed by atoms with Gasteiger partial charge in [-0.3, -0.25) is 4.79 Å². The molecule has 4 saturated carbocycles. The molecule has 0 saturated heterocycles. The quantitative estimate of drug-likeness (QED) is 0.365. The fraction of sp³-hybridized carbons (Fsp3) is 0.903. The Morgan fingerprint density at radius 1 is 0.829 bits per heavy atom. The van der Waals surface area contributed by atoms with Crippen LogP contribution in [0.25, 0.3) is 0 Å². The molecule has 4 heteroatoms. The molecule has 0 aromatic rings. The smallest absolute Gasteiger partial charge is 0.309 e. The number of carbonyl (C=O) groups is 1. The molecule has 4 nitrogen and oxygen atoms in total. The SMILES string of the molecule is CC1(C)[C@@H](O)CC[C@]2(C)[C@H]3C(O)C=C4[C@H]5C[C@@](C)(C(=O)O)CC[C@]5(C)CC[C@@]4(C)[C@]3(C)CC[C@@]12C. The molecule has 10 atom stereocenters. The largest absolute Gasteiger partial charge is 0.481 e. The van der Waals surface area contributed by atoms with Gasteiger partial charge < -0.3 is 15.3 Å². The summed E-state index contributed by atoms with van der Waals surface area (Å²) in [5.74, 6) is -0.320. The standard InChI is InChI=1S/C31H50O4/c1-25(2)22(33)9-10-30(7)23-21(32)17-19-20-18-27(4,24(34)35)12-11-26(20,3)13-14-28(19,5)29(23,6)15-16-31(25,30)8/h17,20-23,32-33H,9-16,18H2,1-8H3,(H,34,35)/t20-,21?,22+,23+,26-,27+,28-,29-,30-,31+/m1/s1. The molecule has 0 amide bonds. The summed E-state index contributed by atoms with van der Waals surface area (Å²) in [5, 5.41) is 33.2. The van der Waals surface area contributed by atoms with Crippen molar-refractivity contribution in [2.45, 2.75) is 125 Å². The molecule has 1 unspecified atom stereocenters. The summed E-state index contributed by atoms with van der Waals surface area (Å²) in [6.07, 6.45) is 9.87. The molecule has 0 bridgehead atoms. The van der Waals surface area contributed by atoms with E-state index in [4.69, 9.17) is 0 Å². The second-order valence-electron chi connectivity index (χ2n) is 15.6. The van der Waals surface area contributed by atoms with Crippen LogP contribution in [-0.4, -0.2) is 33.5 Å². The third kappa shape index (κ3) is 2.85. The third-order valence-corrected chi connectivity index (χ3v) is 14.4. The molecule has 0 spiro atoms. The van der Waals surface area contributed by atoms with Crippen molar-refractivity contribution in [1.82, 2.24) is 0 Å². The van der Waals surface area contributed by atoms with Crippen LogP contribution in [0.15, 0.2) is 11.6 Å². The Balaban J connectivity index is 1.64. The molecule has 35 heavy (non-hydrogen) atoms. The van der Waals surface area contributed by atoms with Crippen molar-refractivity contribution in [2.24, 2.45) is 49.7 Å². The molecule has 0 aromatic heterocycles. The van der Waals surface area contributed by atoms with Gasteiger partial charge in [-0.2, -0.15) is 0 Å². The first-order valence-electron chi connectivity index (χ1n) is 14.2. The summed E-state index contributed by atoms with van der Waals surface area (Å²) in [5.41, 5.74) is 0.372. The van der Waals surface area contributed by atoms with Gasteiger partial charge in [0.15, 0.2) is 0 Å². The van der Waals surface area contributed by atoms with Crippen molar-refractivity contribution < 1.29 is 20.1 Å². The van der Waals surface area contributed by atoms with Gasteiger partial charge in [-0.25, -0.2) is 0 Å². The van der Waals surface area contributed by atoms with E-state index < -0.39 is 17.5 Å². The van der Waals surface area contributed by atoms with Crippen LogP contribution in [-0.2, 0) is 4.79 Å². The van der Waals surface area contributed by atoms with E-state index in [0.717, 1.165) is 51.4 Å². The van der Waals surface area contributed by atoms with Gasteiger partial charge in [0.2, 0.25) is 0 Å². The first-order valence-corrected chi connectivity index (χ1v) is 14.2. The van der Waals surface area contributed by atoms with E-state index in [0.29, 0.717) is 6.42 Å². The van der Waals surface area contributed by atoms with E-state index in [2.05, 4.69) is 54.5 Å². The highest BCUT2D eigenvalue weighted by atomic mass is 16.4. The monoisotopic (exact) mass is 486 g/mol. The summed E-state index contributed by atoms with van der Waals surface area (Å²) in [4.78, 5) is 12.3. The van der Waals surface area contributed by atoms with Gasteiger partial charge in [0.05, 0.1) is 17.6 Å². The summed E-state index contributed by atoms with van der Waals surface area (Å²) in [7, 11) is 0. The number of rotatable bonds is 1. The Morgan fingerprint density at radius 3 is 2.09 bits per heavy atom. The van der Waals surface area contributed by atoms with Crippen molar-refractivity contribution >= 4 is 5.97 Å². The lowest BCUT2D eigenvalue weighted by Gasteiger charge is -2.75. The number of allylic oxidation sites excluding steroid dienone is 1. The van der Waals surface area contributed by atoms with Crippen molar-refractivity contribution in [3.05, 3.63) is 11.6 Å². The van der Waals surface area contributed by atoms with E-state index in [1.165, 1.54) is 5.57 Å². The summed E-state index contributed by atoms with van der Waals surface area (Å²) in [6.45, 7) is 18.5. The maximum absolute atomic E-state index is 12.3. The highest BCUT2D eigenvalue weighted by molar-refractivity contribution is 5.74. The normalized spacial score (nSPS) is 57.1. The molecule has 4 fully saturated rings. The molecular formula is C31H50O4. The Labute approximate surface area is 213 Å². The minimum absolute atomic E-state index is 0.0393. The van der Waals surface area contributed by atoms with Crippen LogP contribution in [0.3, 0.4) is 0 Å². The first-order chi connectivity index (χ1) is 15.9. The number of aliphatic carboxylic acids is 1. The summed E-state index contributed by atoms with van der Waals surface area (Å²) < 4.78 is 0. The van der Waals surface area contributed by atoms with Crippen LogP contribution < -0.4 is 0 Å². The molecular weight excluding hydrogens is 436 g/mol. The number of hydrogen-bond acceptors (Lipinski definition) is 3. The Hall–Kier alpha value is -0.870. The van der Waals surface area contributed by atoms with Crippen molar-refractivity contribution in [3.8, 4) is 0 Å². The van der Waals surface area contributed by atoms with Crippen LogP contribution in [0.4, 0.5) is 0 Å². The zero-order chi connectivity index (χ0) is 26.0. The van der Waals surface area contributed by atoms with Gasteiger partial charge in [0.1, 0.15) is 0 Å². The highest BCUT2D eigenvalue weighted by Crippen LogP contribution is 2.78. The lowest BCUT2D eigenvalue weighted by atomic mass is 9.30. The molecule has 0 radical (unpaired) electrons. The van der Waals surface area contributed by atoms with E-state index >= 15 is 0 Å². The zero-order valence-electron chi connectivity index (χ0n) is 23.5. The molecule has 5 aliphatic rings. The number of hydrogen-bond donors (Lipinski definition) is 3. The van der Waals surface area contributed by atoms with Gasteiger partial charge in [0.25, 0.3) is 0 Å². The average molecular weight is 487 g/mol. The highest BCUT2D eigenvalue weighted by Gasteiger charge is 2.73. The molecule has 3 N–H and O–H groups in total. The molecule has 0 heterocycles. The number of aliphatic hydroxyl groups excluding tert-OH is 2. The fourth-order valence-corrected chi connectivity index (χ4v) is 10.8. The molecule has 0 aromatic carbocycles. The number of carboxylic acids is 1. The van der Waals surface area contributed by atoms with Crippen LogP contribution in [0.5, 0.6) is 0 Å². The maximum atomic E-state index is 12.3. The van der Waals surface area contributed by atoms with Crippen LogP contribution in [0.2, 0.25) is 0 Å². The predicted molar refractivity (Wildman–Crippen MR) is 139 cm³/mol. The molecule has 198 valence electrons. The van der Waals surface area contributed by atoms with Gasteiger partial charge in [-0.1, -0.05) is 60.1 Å². The lowest BCUT2D eigenvalue weighted by Crippen LogP contribution is -2.70.